The van der Waals surface area contributed by atoms with Crippen LogP contribution in [0.2, 0.25) is 0 Å². The van der Waals surface area contributed by atoms with Crippen LogP contribution in [0.3, 0.4) is 0 Å². The predicted molar refractivity (Wildman–Crippen MR) is 81.6 cm³/mol. The predicted octanol–water partition coefficient (Wildman–Crippen LogP) is 2.72. The molecule has 1 aromatic heterocycles. The number of rotatable bonds is 2. The van der Waals surface area contributed by atoms with E-state index in [9.17, 15) is 5.11 Å². The van der Waals surface area contributed by atoms with Crippen LogP contribution in [0.15, 0.2) is 42.6 Å². The molecule has 0 fully saturated rings. The van der Waals surface area contributed by atoms with Gasteiger partial charge in [-0.2, -0.15) is 0 Å². The minimum Gasteiger partial charge on any atom is -0.387 e. The fraction of sp³-hybridized carbons (Fsp3) is 0.312. The minimum atomic E-state index is -0.524. The molecule has 1 aliphatic rings. The average molecular weight is 269 g/mol. The fourth-order valence-electron chi connectivity index (χ4n) is 2.58. The lowest BCUT2D eigenvalue weighted by molar-refractivity contribution is 0.194. The van der Waals surface area contributed by atoms with Crippen LogP contribution in [0.25, 0.3) is 0 Å². The number of hydrogen-bond donors (Lipinski definition) is 1. The summed E-state index contributed by atoms with van der Waals surface area (Å²) in [7, 11) is 2.12. The van der Waals surface area contributed by atoms with Gasteiger partial charge in [-0.15, -0.1) is 0 Å². The SMILES string of the molecule is C[C@@H](O)c1ccc(N2CCN(C)c3ccccc32)cn1. The molecule has 2 heterocycles. The zero-order chi connectivity index (χ0) is 14.1. The van der Waals surface area contributed by atoms with Crippen LogP contribution in [0.4, 0.5) is 17.1 Å². The third-order valence-electron chi connectivity index (χ3n) is 3.75. The van der Waals surface area contributed by atoms with E-state index in [-0.39, 0.29) is 0 Å². The molecule has 1 N–H and O–H groups in total. The van der Waals surface area contributed by atoms with Crippen LogP contribution in [0.5, 0.6) is 0 Å². The van der Waals surface area contributed by atoms with E-state index in [0.717, 1.165) is 18.8 Å². The molecular weight excluding hydrogens is 250 g/mol. The van der Waals surface area contributed by atoms with Crippen LogP contribution in [0.1, 0.15) is 18.7 Å². The van der Waals surface area contributed by atoms with Crippen molar-refractivity contribution in [1.29, 1.82) is 0 Å². The average Bonchev–Trinajstić information content (AvgIpc) is 2.48. The molecule has 1 aliphatic heterocycles. The second-order valence-corrected chi connectivity index (χ2v) is 5.18. The summed E-state index contributed by atoms with van der Waals surface area (Å²) in [6, 6.07) is 12.3. The topological polar surface area (TPSA) is 39.6 Å². The van der Waals surface area contributed by atoms with Gasteiger partial charge in [-0.1, -0.05) is 12.1 Å². The third kappa shape index (κ3) is 2.23. The van der Waals surface area contributed by atoms with Gasteiger partial charge in [0.2, 0.25) is 0 Å². The van der Waals surface area contributed by atoms with Crippen molar-refractivity contribution >= 4 is 17.1 Å². The van der Waals surface area contributed by atoms with Crippen LogP contribution in [-0.2, 0) is 0 Å². The van der Waals surface area contributed by atoms with E-state index >= 15 is 0 Å². The number of aliphatic hydroxyl groups is 1. The first-order valence-corrected chi connectivity index (χ1v) is 6.88. The molecule has 0 saturated carbocycles. The number of likely N-dealkylation sites (N-methyl/N-ethyl adjacent to an activating group) is 1. The van der Waals surface area contributed by atoms with Crippen molar-refractivity contribution in [2.75, 3.05) is 29.9 Å². The number of benzene rings is 1. The first-order valence-electron chi connectivity index (χ1n) is 6.88. The molecule has 0 unspecified atom stereocenters. The first kappa shape index (κ1) is 12.9. The summed E-state index contributed by atoms with van der Waals surface area (Å²) >= 11 is 0. The highest BCUT2D eigenvalue weighted by atomic mass is 16.3. The van der Waals surface area contributed by atoms with Crippen molar-refractivity contribution in [1.82, 2.24) is 4.98 Å². The number of aromatic nitrogens is 1. The smallest absolute Gasteiger partial charge is 0.0931 e. The Hall–Kier alpha value is -2.07. The van der Waals surface area contributed by atoms with Gasteiger partial charge in [0.1, 0.15) is 0 Å². The van der Waals surface area contributed by atoms with Crippen molar-refractivity contribution in [3.8, 4) is 0 Å². The molecule has 0 bridgehead atoms. The van der Waals surface area contributed by atoms with Crippen molar-refractivity contribution < 1.29 is 5.11 Å². The lowest BCUT2D eigenvalue weighted by Gasteiger charge is -2.36. The number of para-hydroxylation sites is 2. The van der Waals surface area contributed by atoms with Crippen LogP contribution in [-0.4, -0.2) is 30.2 Å². The molecule has 20 heavy (non-hydrogen) atoms. The van der Waals surface area contributed by atoms with Crippen molar-refractivity contribution in [2.45, 2.75) is 13.0 Å². The Labute approximate surface area is 119 Å². The van der Waals surface area contributed by atoms with E-state index in [1.807, 2.05) is 18.3 Å². The molecular formula is C16H19N3O. The van der Waals surface area contributed by atoms with Gasteiger partial charge in [0.25, 0.3) is 0 Å². The summed E-state index contributed by atoms with van der Waals surface area (Å²) in [5.41, 5.74) is 4.21. The second kappa shape index (κ2) is 5.13. The number of hydrogen-bond acceptors (Lipinski definition) is 4. The standard InChI is InChI=1S/C16H19N3O/c1-12(20)14-8-7-13(11-17-14)19-10-9-18(2)15-5-3-4-6-16(15)19/h3-8,11-12,20H,9-10H2,1-2H3/t12-/m1/s1. The number of anilines is 3. The number of nitrogens with zero attached hydrogens (tertiary/aromatic N) is 3. The monoisotopic (exact) mass is 269 g/mol. The minimum absolute atomic E-state index is 0.524. The molecule has 4 nitrogen and oxygen atoms in total. The lowest BCUT2D eigenvalue weighted by Crippen LogP contribution is -2.36. The third-order valence-corrected chi connectivity index (χ3v) is 3.75. The van der Waals surface area contributed by atoms with Gasteiger partial charge in [0, 0.05) is 20.1 Å². The fourth-order valence-corrected chi connectivity index (χ4v) is 2.58. The van der Waals surface area contributed by atoms with E-state index in [2.05, 4.69) is 46.1 Å². The highest BCUT2D eigenvalue weighted by molar-refractivity contribution is 5.78. The van der Waals surface area contributed by atoms with Crippen molar-refractivity contribution in [3.63, 3.8) is 0 Å². The first-order chi connectivity index (χ1) is 9.66. The highest BCUT2D eigenvalue weighted by Crippen LogP contribution is 2.36. The van der Waals surface area contributed by atoms with E-state index in [0.29, 0.717) is 5.69 Å². The van der Waals surface area contributed by atoms with Crippen LogP contribution >= 0.6 is 0 Å². The number of fused-ring (bicyclic) bond motifs is 1. The molecule has 0 saturated heterocycles. The van der Waals surface area contributed by atoms with Gasteiger partial charge < -0.3 is 14.9 Å². The molecule has 0 spiro atoms. The molecule has 1 aromatic carbocycles. The molecule has 0 aliphatic carbocycles. The largest absolute Gasteiger partial charge is 0.387 e. The molecule has 0 amide bonds. The van der Waals surface area contributed by atoms with Gasteiger partial charge in [-0.25, -0.2) is 0 Å². The molecule has 4 heteroatoms. The summed E-state index contributed by atoms with van der Waals surface area (Å²) in [6.45, 7) is 3.64. The Kier molecular flexibility index (Phi) is 3.32. The lowest BCUT2D eigenvalue weighted by atomic mass is 10.1. The van der Waals surface area contributed by atoms with Gasteiger partial charge in [-0.3, -0.25) is 4.98 Å². The van der Waals surface area contributed by atoms with E-state index < -0.39 is 6.10 Å². The molecule has 2 aromatic rings. The van der Waals surface area contributed by atoms with E-state index in [4.69, 9.17) is 0 Å². The Morgan fingerprint density at radius 1 is 1.10 bits per heavy atom. The highest BCUT2D eigenvalue weighted by Gasteiger charge is 2.21. The van der Waals surface area contributed by atoms with Gasteiger partial charge in [-0.05, 0) is 31.2 Å². The summed E-state index contributed by atoms with van der Waals surface area (Å²) < 4.78 is 0. The Morgan fingerprint density at radius 3 is 2.50 bits per heavy atom. The van der Waals surface area contributed by atoms with E-state index in [1.165, 1.54) is 11.4 Å². The van der Waals surface area contributed by atoms with Crippen molar-refractivity contribution in [2.24, 2.45) is 0 Å². The summed E-state index contributed by atoms with van der Waals surface area (Å²) in [4.78, 5) is 8.88. The zero-order valence-corrected chi connectivity index (χ0v) is 11.8. The number of pyridine rings is 1. The summed E-state index contributed by atoms with van der Waals surface area (Å²) in [6.07, 6.45) is 1.31. The van der Waals surface area contributed by atoms with Gasteiger partial charge in [0.15, 0.2) is 0 Å². The van der Waals surface area contributed by atoms with E-state index in [1.54, 1.807) is 6.92 Å². The van der Waals surface area contributed by atoms with Crippen molar-refractivity contribution in [3.05, 3.63) is 48.3 Å². The summed E-state index contributed by atoms with van der Waals surface area (Å²) in [5.74, 6) is 0. The maximum Gasteiger partial charge on any atom is 0.0931 e. The van der Waals surface area contributed by atoms with Gasteiger partial charge in [0.05, 0.1) is 35.1 Å². The number of aliphatic hydroxyl groups excluding tert-OH is 1. The normalized spacial score (nSPS) is 15.9. The Balaban J connectivity index is 1.97. The molecule has 0 radical (unpaired) electrons. The van der Waals surface area contributed by atoms with Gasteiger partial charge >= 0.3 is 0 Å². The van der Waals surface area contributed by atoms with Crippen LogP contribution < -0.4 is 9.80 Å². The maximum atomic E-state index is 9.53. The Morgan fingerprint density at radius 2 is 1.85 bits per heavy atom. The summed E-state index contributed by atoms with van der Waals surface area (Å²) in [5, 5.41) is 9.53. The molecule has 3 rings (SSSR count). The second-order valence-electron chi connectivity index (χ2n) is 5.18. The molecule has 1 atom stereocenters. The Bertz CT molecular complexity index is 595. The van der Waals surface area contributed by atoms with Crippen LogP contribution in [0, 0.1) is 0 Å². The zero-order valence-electron chi connectivity index (χ0n) is 11.8. The molecule has 104 valence electrons. The quantitative estimate of drug-likeness (QED) is 0.910. The maximum absolute atomic E-state index is 9.53.